The van der Waals surface area contributed by atoms with Crippen molar-refractivity contribution in [3.05, 3.63) is 41.5 Å². The van der Waals surface area contributed by atoms with Crippen LogP contribution in [0, 0.1) is 0 Å². The quantitative estimate of drug-likeness (QED) is 0.573. The number of rotatable bonds is 8. The molecule has 0 saturated carbocycles. The number of likely N-dealkylation sites (N-methyl/N-ethyl adjacent to an activating group) is 1. The fraction of sp³-hybridized carbons (Fsp3) is 0.391. The zero-order chi connectivity index (χ0) is 23.3. The van der Waals surface area contributed by atoms with Crippen LogP contribution < -0.4 is 23.7 Å². The van der Waals surface area contributed by atoms with E-state index in [1.165, 1.54) is 33.2 Å². The van der Waals surface area contributed by atoms with E-state index in [0.29, 0.717) is 47.5 Å². The van der Waals surface area contributed by atoms with Gasteiger partial charge in [-0.2, -0.15) is 0 Å². The van der Waals surface area contributed by atoms with Crippen molar-refractivity contribution in [1.29, 1.82) is 0 Å². The Labute approximate surface area is 186 Å². The molecule has 32 heavy (non-hydrogen) atoms. The SMILES string of the molecule is COc1cc(C(OC(C)=O)C(=O)N(C)Cc2ccc3c(c2)OCCO3)cc(OC)c1OC. The largest absolute Gasteiger partial charge is 0.493 e. The van der Waals surface area contributed by atoms with Crippen LogP contribution in [0.2, 0.25) is 0 Å². The number of nitrogens with zero attached hydrogens (tertiary/aromatic N) is 1. The van der Waals surface area contributed by atoms with Gasteiger partial charge in [-0.1, -0.05) is 6.07 Å². The van der Waals surface area contributed by atoms with Crippen LogP contribution in [0.1, 0.15) is 24.2 Å². The molecule has 172 valence electrons. The van der Waals surface area contributed by atoms with Gasteiger partial charge in [0.15, 0.2) is 23.0 Å². The van der Waals surface area contributed by atoms with Crippen molar-refractivity contribution in [2.24, 2.45) is 0 Å². The van der Waals surface area contributed by atoms with E-state index in [1.54, 1.807) is 19.2 Å². The van der Waals surface area contributed by atoms with E-state index in [4.69, 9.17) is 28.4 Å². The molecular formula is C23H27NO8. The van der Waals surface area contributed by atoms with Crippen LogP contribution in [-0.4, -0.2) is 58.4 Å². The Bertz CT molecular complexity index is 965. The van der Waals surface area contributed by atoms with Gasteiger partial charge in [0.25, 0.3) is 5.91 Å². The highest BCUT2D eigenvalue weighted by atomic mass is 16.6. The summed E-state index contributed by atoms with van der Waals surface area (Å²) in [4.78, 5) is 26.6. The van der Waals surface area contributed by atoms with Crippen LogP contribution >= 0.6 is 0 Å². The molecule has 0 bridgehead atoms. The van der Waals surface area contributed by atoms with E-state index in [9.17, 15) is 9.59 Å². The zero-order valence-electron chi connectivity index (χ0n) is 18.8. The van der Waals surface area contributed by atoms with Gasteiger partial charge in [-0.05, 0) is 29.8 Å². The highest BCUT2D eigenvalue weighted by Gasteiger charge is 2.30. The number of methoxy groups -OCH3 is 3. The van der Waals surface area contributed by atoms with Crippen molar-refractivity contribution in [2.45, 2.75) is 19.6 Å². The molecule has 9 nitrogen and oxygen atoms in total. The van der Waals surface area contributed by atoms with Crippen molar-refractivity contribution in [1.82, 2.24) is 4.90 Å². The lowest BCUT2D eigenvalue weighted by Crippen LogP contribution is -2.33. The summed E-state index contributed by atoms with van der Waals surface area (Å²) < 4.78 is 32.6. The number of ether oxygens (including phenoxy) is 6. The molecule has 1 aliphatic rings. The average molecular weight is 445 g/mol. The molecule has 1 aliphatic heterocycles. The minimum absolute atomic E-state index is 0.275. The third-order valence-corrected chi connectivity index (χ3v) is 4.90. The lowest BCUT2D eigenvalue weighted by molar-refractivity contribution is -0.158. The number of esters is 1. The van der Waals surface area contributed by atoms with Crippen LogP contribution in [0.5, 0.6) is 28.7 Å². The maximum absolute atomic E-state index is 13.3. The summed E-state index contributed by atoms with van der Waals surface area (Å²) in [6, 6.07) is 8.68. The molecule has 0 spiro atoms. The second-order valence-electron chi connectivity index (χ2n) is 7.12. The number of amides is 1. The first-order chi connectivity index (χ1) is 15.4. The number of carbonyl (C=O) groups is 2. The van der Waals surface area contributed by atoms with Gasteiger partial charge in [0.2, 0.25) is 11.9 Å². The Kier molecular flexibility index (Phi) is 7.29. The fourth-order valence-electron chi connectivity index (χ4n) is 3.42. The van der Waals surface area contributed by atoms with Crippen LogP contribution in [0.4, 0.5) is 0 Å². The molecule has 0 radical (unpaired) electrons. The van der Waals surface area contributed by atoms with Gasteiger partial charge in [0, 0.05) is 26.1 Å². The monoisotopic (exact) mass is 445 g/mol. The number of benzene rings is 2. The third kappa shape index (κ3) is 4.99. The summed E-state index contributed by atoms with van der Waals surface area (Å²) in [6.07, 6.45) is -1.19. The van der Waals surface area contributed by atoms with Crippen molar-refractivity contribution in [2.75, 3.05) is 41.6 Å². The fourth-order valence-corrected chi connectivity index (χ4v) is 3.42. The Morgan fingerprint density at radius 1 is 0.969 bits per heavy atom. The van der Waals surface area contributed by atoms with E-state index in [2.05, 4.69) is 0 Å². The third-order valence-electron chi connectivity index (χ3n) is 4.90. The predicted octanol–water partition coefficient (Wildman–Crippen LogP) is 2.75. The Morgan fingerprint density at radius 2 is 1.59 bits per heavy atom. The molecule has 1 unspecified atom stereocenters. The Morgan fingerprint density at radius 3 is 2.16 bits per heavy atom. The second-order valence-corrected chi connectivity index (χ2v) is 7.12. The minimum Gasteiger partial charge on any atom is -0.493 e. The van der Waals surface area contributed by atoms with Gasteiger partial charge < -0.3 is 33.3 Å². The number of hydrogen-bond acceptors (Lipinski definition) is 8. The molecule has 1 heterocycles. The van der Waals surface area contributed by atoms with E-state index < -0.39 is 18.0 Å². The lowest BCUT2D eigenvalue weighted by atomic mass is 10.1. The second kappa shape index (κ2) is 10.1. The van der Waals surface area contributed by atoms with Gasteiger partial charge in [-0.25, -0.2) is 0 Å². The van der Waals surface area contributed by atoms with Gasteiger partial charge in [-0.3, -0.25) is 9.59 Å². The molecule has 2 aromatic carbocycles. The summed E-state index contributed by atoms with van der Waals surface area (Å²) in [7, 11) is 6.05. The molecule has 0 aliphatic carbocycles. The first-order valence-corrected chi connectivity index (χ1v) is 9.98. The van der Waals surface area contributed by atoms with Crippen molar-refractivity contribution in [3.63, 3.8) is 0 Å². The molecule has 2 aromatic rings. The van der Waals surface area contributed by atoms with E-state index in [0.717, 1.165) is 5.56 Å². The molecule has 0 aromatic heterocycles. The van der Waals surface area contributed by atoms with Gasteiger partial charge in [0.1, 0.15) is 13.2 Å². The number of carbonyl (C=O) groups excluding carboxylic acids is 2. The number of fused-ring (bicyclic) bond motifs is 1. The highest BCUT2D eigenvalue weighted by Crippen LogP contribution is 2.40. The van der Waals surface area contributed by atoms with Crippen LogP contribution in [0.3, 0.4) is 0 Å². The summed E-state index contributed by atoms with van der Waals surface area (Å²) in [5, 5.41) is 0. The molecular weight excluding hydrogens is 418 g/mol. The Balaban J connectivity index is 1.88. The average Bonchev–Trinajstić information content (AvgIpc) is 2.80. The van der Waals surface area contributed by atoms with Crippen molar-refractivity contribution in [3.8, 4) is 28.7 Å². The van der Waals surface area contributed by atoms with E-state index in [1.807, 2.05) is 18.2 Å². The summed E-state index contributed by atoms with van der Waals surface area (Å²) in [6.45, 7) is 2.50. The molecule has 3 rings (SSSR count). The molecule has 0 N–H and O–H groups in total. The maximum Gasteiger partial charge on any atom is 0.303 e. The van der Waals surface area contributed by atoms with Gasteiger partial charge in [0.05, 0.1) is 21.3 Å². The molecule has 0 saturated heterocycles. The standard InChI is InChI=1S/C23H27NO8/c1-14(25)32-21(16-11-19(27-3)22(29-5)20(12-16)28-4)23(26)24(2)13-15-6-7-17-18(10-15)31-9-8-30-17/h6-7,10-12,21H,8-9,13H2,1-5H3. The van der Waals surface area contributed by atoms with E-state index in [-0.39, 0.29) is 6.54 Å². The predicted molar refractivity (Wildman–Crippen MR) is 115 cm³/mol. The van der Waals surface area contributed by atoms with Crippen LogP contribution in [0.25, 0.3) is 0 Å². The molecule has 9 heteroatoms. The summed E-state index contributed by atoms with van der Waals surface area (Å²) >= 11 is 0. The first kappa shape index (κ1) is 23.1. The normalized spacial score (nSPS) is 13.0. The maximum atomic E-state index is 13.3. The van der Waals surface area contributed by atoms with Gasteiger partial charge in [-0.15, -0.1) is 0 Å². The van der Waals surface area contributed by atoms with Crippen molar-refractivity contribution < 1.29 is 38.0 Å². The Hall–Kier alpha value is -3.62. The molecule has 0 fully saturated rings. The minimum atomic E-state index is -1.19. The van der Waals surface area contributed by atoms with Crippen LogP contribution in [0.15, 0.2) is 30.3 Å². The van der Waals surface area contributed by atoms with E-state index >= 15 is 0 Å². The van der Waals surface area contributed by atoms with Crippen LogP contribution in [-0.2, 0) is 20.9 Å². The first-order valence-electron chi connectivity index (χ1n) is 9.98. The molecule has 1 amide bonds. The lowest BCUT2D eigenvalue weighted by Gasteiger charge is -2.25. The summed E-state index contributed by atoms with van der Waals surface area (Å²) in [5.74, 6) is 1.37. The molecule has 1 atom stereocenters. The number of hydrogen-bond donors (Lipinski definition) is 0. The van der Waals surface area contributed by atoms with Gasteiger partial charge >= 0.3 is 5.97 Å². The zero-order valence-corrected chi connectivity index (χ0v) is 18.8. The van der Waals surface area contributed by atoms with Crippen molar-refractivity contribution >= 4 is 11.9 Å². The topological polar surface area (TPSA) is 92.8 Å². The summed E-state index contributed by atoms with van der Waals surface area (Å²) in [5.41, 5.74) is 1.24. The highest BCUT2D eigenvalue weighted by molar-refractivity contribution is 5.85. The smallest absolute Gasteiger partial charge is 0.303 e.